The van der Waals surface area contributed by atoms with E-state index < -0.39 is 40.6 Å². The first-order valence-corrected chi connectivity index (χ1v) is 15.4. The van der Waals surface area contributed by atoms with E-state index in [-0.39, 0.29) is 16.8 Å². The summed E-state index contributed by atoms with van der Waals surface area (Å²) < 4.78 is 68.1. The first-order valence-electron chi connectivity index (χ1n) is 12.5. The first-order chi connectivity index (χ1) is 20.8. The quantitative estimate of drug-likeness (QED) is 0.110. The molecule has 0 atom stereocenters. The fraction of sp³-hybridized carbons (Fsp3) is 0.0370. The maximum atomic E-state index is 12.4. The number of rotatable bonds is 7. The smallest absolute Gasteiger partial charge is 0.282 e. The van der Waals surface area contributed by atoms with Crippen LogP contribution >= 0.6 is 0 Å². The molecular weight excluding hydrogens is 614 g/mol. The molecule has 6 aromatic rings. The van der Waals surface area contributed by atoms with Crippen LogP contribution in [0.15, 0.2) is 82.6 Å². The Kier molecular flexibility index (Phi) is 6.81. The molecule has 0 saturated carbocycles. The molecule has 2 N–H and O–H groups in total. The molecule has 17 heteroatoms. The Morgan fingerprint density at radius 2 is 1.27 bits per heavy atom. The highest BCUT2D eigenvalue weighted by molar-refractivity contribution is 7.86. The monoisotopic (exact) mass is 633 g/mol. The second-order valence-electron chi connectivity index (χ2n) is 9.56. The molecule has 2 aromatic heterocycles. The Morgan fingerprint density at radius 1 is 0.705 bits per heavy atom. The Hall–Kier alpha value is -5.36. The van der Waals surface area contributed by atoms with Crippen LogP contribution in [0.4, 0.5) is 5.69 Å². The van der Waals surface area contributed by atoms with E-state index in [0.717, 1.165) is 35.5 Å². The molecule has 0 aliphatic heterocycles. The molecule has 2 heterocycles. The van der Waals surface area contributed by atoms with Crippen molar-refractivity contribution >= 4 is 60.1 Å². The summed E-state index contributed by atoms with van der Waals surface area (Å²) >= 11 is 0. The molecule has 6 rings (SSSR count). The number of fused-ring (bicyclic) bond motifs is 3. The number of non-ortho nitro benzene ring substituents is 1. The third-order valence-electron chi connectivity index (χ3n) is 6.63. The third kappa shape index (κ3) is 5.31. The van der Waals surface area contributed by atoms with Gasteiger partial charge in [-0.3, -0.25) is 19.2 Å². The van der Waals surface area contributed by atoms with E-state index in [1.807, 2.05) is 37.3 Å². The van der Waals surface area contributed by atoms with Crippen LogP contribution in [-0.4, -0.2) is 60.9 Å². The lowest BCUT2D eigenvalue weighted by molar-refractivity contribution is -0.385. The van der Waals surface area contributed by atoms with Gasteiger partial charge in [0.25, 0.3) is 25.9 Å². The molecule has 0 spiro atoms. The summed E-state index contributed by atoms with van der Waals surface area (Å²) in [7, 11) is -9.70. The average Bonchev–Trinajstić information content (AvgIpc) is 3.61. The Balaban J connectivity index is 1.44. The lowest BCUT2D eigenvalue weighted by Gasteiger charge is -2.07. The predicted octanol–water partition coefficient (Wildman–Crippen LogP) is 4.03. The fourth-order valence-electron chi connectivity index (χ4n) is 4.57. The van der Waals surface area contributed by atoms with Crippen molar-refractivity contribution in [3.63, 3.8) is 0 Å². The van der Waals surface area contributed by atoms with Gasteiger partial charge in [-0.25, -0.2) is 0 Å². The van der Waals surface area contributed by atoms with E-state index in [1.54, 1.807) is 6.07 Å². The molecule has 0 amide bonds. The Labute approximate surface area is 248 Å². The van der Waals surface area contributed by atoms with Crippen molar-refractivity contribution in [3.8, 4) is 11.4 Å². The summed E-state index contributed by atoms with van der Waals surface area (Å²) in [6.07, 6.45) is 2.30. The van der Waals surface area contributed by atoms with E-state index in [4.69, 9.17) is 0 Å². The van der Waals surface area contributed by atoms with Crippen LogP contribution in [0.1, 0.15) is 16.7 Å². The van der Waals surface area contributed by atoms with Crippen LogP contribution < -0.4 is 0 Å². The molecule has 0 bridgehead atoms. The standard InChI is InChI=1S/C27H19N7O8S2/c1-16-13-22-26(30-32(28-22)19-5-3-2-4-6-19)27-25(16)29-33(31-27)20-11-9-17(23(14-20)43(37,38)39)7-8-18-10-12-21(34(35)36)15-24(18)44(40,41)42/h2-15H,1H3,(H,37,38,39)(H,40,41,42)/b8-7+. The summed E-state index contributed by atoms with van der Waals surface area (Å²) in [6, 6.07) is 17.8. The number of aryl methyl sites for hydroxylation is 1. The van der Waals surface area contributed by atoms with Crippen molar-refractivity contribution in [2.24, 2.45) is 0 Å². The number of nitro groups is 1. The maximum Gasteiger partial charge on any atom is 0.295 e. The van der Waals surface area contributed by atoms with Gasteiger partial charge in [-0.2, -0.15) is 26.4 Å². The van der Waals surface area contributed by atoms with E-state index in [0.29, 0.717) is 28.1 Å². The normalized spacial score (nSPS) is 12.4. The van der Waals surface area contributed by atoms with E-state index in [2.05, 4.69) is 20.4 Å². The van der Waals surface area contributed by atoms with Gasteiger partial charge in [0.2, 0.25) is 0 Å². The third-order valence-corrected chi connectivity index (χ3v) is 8.44. The zero-order valence-electron chi connectivity index (χ0n) is 22.4. The molecule has 222 valence electrons. The van der Waals surface area contributed by atoms with Crippen LogP contribution in [0, 0.1) is 17.0 Å². The van der Waals surface area contributed by atoms with Gasteiger partial charge in [0.05, 0.1) is 16.3 Å². The first kappa shape index (κ1) is 28.7. The molecule has 0 unspecified atom stereocenters. The van der Waals surface area contributed by atoms with Gasteiger partial charge in [0.1, 0.15) is 31.9 Å². The molecule has 44 heavy (non-hydrogen) atoms. The van der Waals surface area contributed by atoms with Crippen LogP contribution in [0.3, 0.4) is 0 Å². The van der Waals surface area contributed by atoms with Crippen LogP contribution in [-0.2, 0) is 20.2 Å². The van der Waals surface area contributed by atoms with Crippen molar-refractivity contribution in [1.29, 1.82) is 0 Å². The van der Waals surface area contributed by atoms with Crippen molar-refractivity contribution in [2.75, 3.05) is 0 Å². The lowest BCUT2D eigenvalue weighted by atomic mass is 10.1. The number of benzene rings is 4. The van der Waals surface area contributed by atoms with E-state index >= 15 is 0 Å². The molecular formula is C27H19N7O8S2. The van der Waals surface area contributed by atoms with E-state index in [9.17, 15) is 36.1 Å². The Bertz CT molecular complexity index is 2380. The van der Waals surface area contributed by atoms with E-state index in [1.165, 1.54) is 27.8 Å². The molecule has 0 saturated heterocycles. The second-order valence-corrected chi connectivity index (χ2v) is 12.3. The number of para-hydroxylation sites is 1. The summed E-state index contributed by atoms with van der Waals surface area (Å²) in [5.74, 6) is 0. The molecule has 0 aliphatic carbocycles. The van der Waals surface area contributed by atoms with Gasteiger partial charge in [0, 0.05) is 12.1 Å². The highest BCUT2D eigenvalue weighted by Gasteiger charge is 2.21. The largest absolute Gasteiger partial charge is 0.295 e. The minimum atomic E-state index is -4.88. The zero-order valence-corrected chi connectivity index (χ0v) is 24.0. The van der Waals surface area contributed by atoms with Crippen LogP contribution in [0.5, 0.6) is 0 Å². The number of hydrogen-bond donors (Lipinski definition) is 2. The molecule has 4 aromatic carbocycles. The van der Waals surface area contributed by atoms with Crippen LogP contribution in [0.25, 0.3) is 45.6 Å². The van der Waals surface area contributed by atoms with Gasteiger partial charge >= 0.3 is 0 Å². The van der Waals surface area contributed by atoms with Crippen molar-refractivity contribution in [2.45, 2.75) is 16.7 Å². The second kappa shape index (κ2) is 10.4. The van der Waals surface area contributed by atoms with Crippen molar-refractivity contribution < 1.29 is 30.9 Å². The van der Waals surface area contributed by atoms with Crippen molar-refractivity contribution in [3.05, 3.63) is 99.6 Å². The lowest BCUT2D eigenvalue weighted by Crippen LogP contribution is -2.05. The topological polar surface area (TPSA) is 213 Å². The Morgan fingerprint density at radius 3 is 1.91 bits per heavy atom. The minimum Gasteiger partial charge on any atom is -0.282 e. The van der Waals surface area contributed by atoms with Gasteiger partial charge in [-0.15, -0.1) is 20.4 Å². The fourth-order valence-corrected chi connectivity index (χ4v) is 5.97. The highest BCUT2D eigenvalue weighted by Crippen LogP contribution is 2.28. The number of hydrogen-bond acceptors (Lipinski definition) is 10. The highest BCUT2D eigenvalue weighted by atomic mass is 32.2. The predicted molar refractivity (Wildman–Crippen MR) is 158 cm³/mol. The molecule has 0 radical (unpaired) electrons. The number of aromatic nitrogens is 6. The van der Waals surface area contributed by atoms with Gasteiger partial charge in [-0.05, 0) is 60.0 Å². The maximum absolute atomic E-state index is 12.4. The average molecular weight is 634 g/mol. The summed E-state index contributed by atoms with van der Waals surface area (Å²) in [6.45, 7) is 1.82. The molecule has 0 aliphatic rings. The number of nitrogens with zero attached hydrogens (tertiary/aromatic N) is 7. The number of nitro benzene ring substituents is 1. The van der Waals surface area contributed by atoms with Gasteiger partial charge < -0.3 is 0 Å². The summed E-state index contributed by atoms with van der Waals surface area (Å²) in [5.41, 5.74) is 2.79. The molecule has 15 nitrogen and oxygen atoms in total. The van der Waals surface area contributed by atoms with Crippen molar-refractivity contribution in [1.82, 2.24) is 30.0 Å². The van der Waals surface area contributed by atoms with Crippen LogP contribution in [0.2, 0.25) is 0 Å². The summed E-state index contributed by atoms with van der Waals surface area (Å²) in [5, 5.41) is 29.2. The van der Waals surface area contributed by atoms with Gasteiger partial charge in [-0.1, -0.05) is 36.4 Å². The molecule has 0 fully saturated rings. The SMILES string of the molecule is Cc1cc2nn(-c3ccccc3)nc2c2nn(-c3ccc(/C=C/c4ccc([N+](=O)[O-])cc4S(=O)(=O)O)c(S(=O)(=O)O)c3)nc12. The summed E-state index contributed by atoms with van der Waals surface area (Å²) in [4.78, 5) is 11.6. The van der Waals surface area contributed by atoms with Gasteiger partial charge in [0.15, 0.2) is 0 Å². The minimum absolute atomic E-state index is 0.0584. The zero-order chi connectivity index (χ0) is 31.4.